The van der Waals surface area contributed by atoms with Crippen molar-refractivity contribution in [3.63, 3.8) is 0 Å². The van der Waals surface area contributed by atoms with E-state index in [1.165, 1.54) is 25.7 Å². The van der Waals surface area contributed by atoms with Gasteiger partial charge in [0.05, 0.1) is 13.7 Å². The maximum atomic E-state index is 12.3. The van der Waals surface area contributed by atoms with Gasteiger partial charge in [-0.3, -0.25) is 4.79 Å². The number of fused-ring (bicyclic) bond motifs is 2. The van der Waals surface area contributed by atoms with Crippen LogP contribution in [0.1, 0.15) is 39.0 Å². The lowest BCUT2D eigenvalue weighted by atomic mass is 9.86. The van der Waals surface area contributed by atoms with Crippen LogP contribution in [-0.4, -0.2) is 19.6 Å². The number of carbonyl (C=O) groups is 1. The second kappa shape index (κ2) is 6.59. The average molecular weight is 303 g/mol. The van der Waals surface area contributed by atoms with Crippen LogP contribution >= 0.6 is 0 Å². The Bertz CT molecular complexity index is 543. The summed E-state index contributed by atoms with van der Waals surface area (Å²) in [6, 6.07) is 5.53. The van der Waals surface area contributed by atoms with Gasteiger partial charge >= 0.3 is 0 Å². The Morgan fingerprint density at radius 2 is 2.14 bits per heavy atom. The van der Waals surface area contributed by atoms with Gasteiger partial charge in [-0.1, -0.05) is 6.42 Å². The van der Waals surface area contributed by atoms with E-state index in [9.17, 15) is 4.79 Å². The van der Waals surface area contributed by atoms with Crippen LogP contribution in [0.25, 0.3) is 0 Å². The molecule has 4 nitrogen and oxygen atoms in total. The summed E-state index contributed by atoms with van der Waals surface area (Å²) in [7, 11) is 1.61. The summed E-state index contributed by atoms with van der Waals surface area (Å²) < 4.78 is 10.8. The molecule has 2 saturated carbocycles. The van der Waals surface area contributed by atoms with Gasteiger partial charge in [0, 0.05) is 18.2 Å². The van der Waals surface area contributed by atoms with Crippen molar-refractivity contribution >= 4 is 11.6 Å². The molecule has 22 heavy (non-hydrogen) atoms. The minimum atomic E-state index is 0.115. The molecule has 1 aromatic carbocycles. The van der Waals surface area contributed by atoms with Gasteiger partial charge in [-0.2, -0.15) is 0 Å². The smallest absolute Gasteiger partial charge is 0.224 e. The van der Waals surface area contributed by atoms with Gasteiger partial charge in [0.2, 0.25) is 5.91 Å². The summed E-state index contributed by atoms with van der Waals surface area (Å²) in [5, 5.41) is 3.00. The van der Waals surface area contributed by atoms with Crippen LogP contribution in [0, 0.1) is 17.8 Å². The monoisotopic (exact) mass is 303 g/mol. The number of carbonyl (C=O) groups excluding carboxylic acids is 1. The Labute approximate surface area is 132 Å². The fourth-order valence-corrected chi connectivity index (χ4v) is 4.10. The van der Waals surface area contributed by atoms with E-state index in [0.717, 1.165) is 17.5 Å². The van der Waals surface area contributed by atoms with E-state index in [0.29, 0.717) is 30.4 Å². The van der Waals surface area contributed by atoms with E-state index in [4.69, 9.17) is 9.47 Å². The largest absolute Gasteiger partial charge is 0.493 e. The molecule has 2 bridgehead atoms. The van der Waals surface area contributed by atoms with Gasteiger partial charge in [0.25, 0.3) is 0 Å². The van der Waals surface area contributed by atoms with Gasteiger partial charge in [0.1, 0.15) is 0 Å². The SMILES string of the molecule is CCOc1ccc(NC(=O)C[C@@H]2C[C@H]3CC[C@@H]2C3)cc1OC. The van der Waals surface area contributed by atoms with Crippen molar-refractivity contribution in [1.29, 1.82) is 0 Å². The summed E-state index contributed by atoms with van der Waals surface area (Å²) >= 11 is 0. The molecule has 0 spiro atoms. The van der Waals surface area contributed by atoms with E-state index >= 15 is 0 Å². The van der Waals surface area contributed by atoms with Crippen LogP contribution in [0.4, 0.5) is 5.69 Å². The molecule has 2 fully saturated rings. The number of ether oxygens (including phenoxy) is 2. The number of hydrogen-bond acceptors (Lipinski definition) is 3. The predicted octanol–water partition coefficient (Wildman–Crippen LogP) is 3.86. The Morgan fingerprint density at radius 3 is 2.77 bits per heavy atom. The lowest BCUT2D eigenvalue weighted by molar-refractivity contribution is -0.117. The van der Waals surface area contributed by atoms with E-state index in [1.807, 2.05) is 25.1 Å². The first kappa shape index (κ1) is 15.2. The molecule has 1 aromatic rings. The summed E-state index contributed by atoms with van der Waals surface area (Å²) in [6.07, 6.45) is 5.93. The van der Waals surface area contributed by atoms with Crippen LogP contribution < -0.4 is 14.8 Å². The highest BCUT2D eigenvalue weighted by Gasteiger charge is 2.40. The zero-order valence-corrected chi connectivity index (χ0v) is 13.4. The highest BCUT2D eigenvalue weighted by Crippen LogP contribution is 2.49. The molecule has 3 atom stereocenters. The minimum Gasteiger partial charge on any atom is -0.493 e. The van der Waals surface area contributed by atoms with Gasteiger partial charge in [0.15, 0.2) is 11.5 Å². The zero-order chi connectivity index (χ0) is 15.5. The van der Waals surface area contributed by atoms with Crippen LogP contribution in [0.3, 0.4) is 0 Å². The van der Waals surface area contributed by atoms with E-state index in [-0.39, 0.29) is 5.91 Å². The maximum absolute atomic E-state index is 12.3. The van der Waals surface area contributed by atoms with Crippen molar-refractivity contribution in [3.05, 3.63) is 18.2 Å². The summed E-state index contributed by atoms with van der Waals surface area (Å²) in [6.45, 7) is 2.52. The molecule has 3 rings (SSSR count). The molecule has 4 heteroatoms. The number of nitrogens with one attached hydrogen (secondary N) is 1. The molecule has 1 amide bonds. The second-order valence-electron chi connectivity index (χ2n) is 6.49. The number of hydrogen-bond donors (Lipinski definition) is 1. The molecule has 0 heterocycles. The third-order valence-corrected chi connectivity index (χ3v) is 5.08. The Hall–Kier alpha value is -1.71. The summed E-state index contributed by atoms with van der Waals surface area (Å²) in [4.78, 5) is 12.3. The number of anilines is 1. The second-order valence-corrected chi connectivity index (χ2v) is 6.49. The van der Waals surface area contributed by atoms with E-state index in [1.54, 1.807) is 7.11 Å². The standard InChI is InChI=1S/C18H25NO3/c1-3-22-16-7-6-15(11-17(16)21-2)19-18(20)10-14-9-12-4-5-13(14)8-12/h6-7,11-14H,3-5,8-10H2,1-2H3,(H,19,20)/t12-,13+,14-/m0/s1. The van der Waals surface area contributed by atoms with Gasteiger partial charge < -0.3 is 14.8 Å². The molecule has 120 valence electrons. The highest BCUT2D eigenvalue weighted by atomic mass is 16.5. The zero-order valence-electron chi connectivity index (χ0n) is 13.4. The topological polar surface area (TPSA) is 47.6 Å². The normalized spacial score (nSPS) is 26.0. The molecule has 2 aliphatic carbocycles. The fraction of sp³-hybridized carbons (Fsp3) is 0.611. The van der Waals surface area contributed by atoms with Crippen molar-refractivity contribution < 1.29 is 14.3 Å². The lowest BCUT2D eigenvalue weighted by Gasteiger charge is -2.21. The predicted molar refractivity (Wildman–Crippen MR) is 86.3 cm³/mol. The quantitative estimate of drug-likeness (QED) is 0.868. The molecule has 0 aliphatic heterocycles. The maximum Gasteiger partial charge on any atom is 0.224 e. The van der Waals surface area contributed by atoms with Crippen molar-refractivity contribution in [3.8, 4) is 11.5 Å². The van der Waals surface area contributed by atoms with Crippen LogP contribution in [0.15, 0.2) is 18.2 Å². The Morgan fingerprint density at radius 1 is 1.27 bits per heavy atom. The van der Waals surface area contributed by atoms with Crippen LogP contribution in [-0.2, 0) is 4.79 Å². The Kier molecular flexibility index (Phi) is 4.55. The molecular weight excluding hydrogens is 278 g/mol. The number of methoxy groups -OCH3 is 1. The van der Waals surface area contributed by atoms with Crippen molar-refractivity contribution in [2.24, 2.45) is 17.8 Å². The van der Waals surface area contributed by atoms with Crippen molar-refractivity contribution in [2.45, 2.75) is 39.0 Å². The third kappa shape index (κ3) is 3.21. The first-order valence-electron chi connectivity index (χ1n) is 8.30. The molecule has 0 aromatic heterocycles. The number of rotatable bonds is 6. The van der Waals surface area contributed by atoms with Crippen LogP contribution in [0.5, 0.6) is 11.5 Å². The molecule has 2 aliphatic rings. The van der Waals surface area contributed by atoms with Gasteiger partial charge in [-0.25, -0.2) is 0 Å². The van der Waals surface area contributed by atoms with Gasteiger partial charge in [-0.05, 0) is 56.1 Å². The molecule has 0 radical (unpaired) electrons. The molecule has 1 N–H and O–H groups in total. The lowest BCUT2D eigenvalue weighted by Crippen LogP contribution is -2.20. The van der Waals surface area contributed by atoms with Gasteiger partial charge in [-0.15, -0.1) is 0 Å². The first-order valence-corrected chi connectivity index (χ1v) is 8.30. The minimum absolute atomic E-state index is 0.115. The summed E-state index contributed by atoms with van der Waals surface area (Å²) in [5.41, 5.74) is 0.772. The average Bonchev–Trinajstić information content (AvgIpc) is 3.11. The Balaban J connectivity index is 1.59. The first-order chi connectivity index (χ1) is 10.7. The van der Waals surface area contributed by atoms with E-state index in [2.05, 4.69) is 5.32 Å². The number of amides is 1. The molecule has 0 saturated heterocycles. The molecule has 0 unspecified atom stereocenters. The fourth-order valence-electron chi connectivity index (χ4n) is 4.10. The molecular formula is C18H25NO3. The summed E-state index contributed by atoms with van der Waals surface area (Å²) in [5.74, 6) is 3.72. The van der Waals surface area contributed by atoms with Crippen LogP contribution in [0.2, 0.25) is 0 Å². The highest BCUT2D eigenvalue weighted by molar-refractivity contribution is 5.91. The third-order valence-electron chi connectivity index (χ3n) is 5.08. The van der Waals surface area contributed by atoms with Crippen molar-refractivity contribution in [1.82, 2.24) is 0 Å². The van der Waals surface area contributed by atoms with E-state index < -0.39 is 0 Å². The number of benzene rings is 1. The van der Waals surface area contributed by atoms with Crippen molar-refractivity contribution in [2.75, 3.05) is 19.0 Å².